The molecule has 0 saturated carbocycles. The van der Waals surface area contributed by atoms with E-state index in [1.165, 1.54) is 6.42 Å². The van der Waals surface area contributed by atoms with Crippen molar-refractivity contribution in [2.24, 2.45) is 0 Å². The van der Waals surface area contributed by atoms with Crippen LogP contribution in [0.25, 0.3) is 0 Å². The van der Waals surface area contributed by atoms with Gasteiger partial charge >= 0.3 is 0 Å². The Bertz CT molecular complexity index is 188. The fraction of sp³-hybridized carbons (Fsp3) is 0.667. The zero-order chi connectivity index (χ0) is 6.81. The molecule has 1 aliphatic rings. The highest BCUT2D eigenvalue weighted by Crippen LogP contribution is 2.11. The molecule has 0 unspecified atom stereocenters. The highest BCUT2D eigenvalue weighted by atomic mass is 15.3. The van der Waals surface area contributed by atoms with Crippen LogP contribution >= 0.6 is 0 Å². The Kier molecular flexibility index (Phi) is 1.39. The molecule has 4 nitrogen and oxygen atoms in total. The first-order valence-corrected chi connectivity index (χ1v) is 3.51. The SMILES string of the molecule is c1ncn([C@H]2CCNC2)n1. The predicted molar refractivity (Wildman–Crippen MR) is 36.5 cm³/mol. The molecule has 54 valence electrons. The molecule has 1 aromatic heterocycles. The maximum absolute atomic E-state index is 4.06. The Morgan fingerprint density at radius 2 is 2.60 bits per heavy atom. The maximum atomic E-state index is 4.06. The Labute approximate surface area is 59.3 Å². The van der Waals surface area contributed by atoms with E-state index >= 15 is 0 Å². The molecule has 1 fully saturated rings. The van der Waals surface area contributed by atoms with Gasteiger partial charge in [0.25, 0.3) is 0 Å². The highest BCUT2D eigenvalue weighted by molar-refractivity contribution is 4.76. The van der Waals surface area contributed by atoms with Gasteiger partial charge in [-0.05, 0) is 13.0 Å². The summed E-state index contributed by atoms with van der Waals surface area (Å²) in [5.74, 6) is 0. The molecular formula is C6H10N4. The molecule has 2 heterocycles. The van der Waals surface area contributed by atoms with Crippen LogP contribution in [0.15, 0.2) is 12.7 Å². The van der Waals surface area contributed by atoms with E-state index in [0.717, 1.165) is 13.1 Å². The Balaban J connectivity index is 2.12. The molecule has 0 radical (unpaired) electrons. The summed E-state index contributed by atoms with van der Waals surface area (Å²) in [6.07, 6.45) is 4.53. The van der Waals surface area contributed by atoms with Crippen molar-refractivity contribution in [3.05, 3.63) is 12.7 Å². The first kappa shape index (κ1) is 5.85. The second-order valence-electron chi connectivity index (χ2n) is 2.52. The van der Waals surface area contributed by atoms with E-state index < -0.39 is 0 Å². The minimum absolute atomic E-state index is 0.530. The van der Waals surface area contributed by atoms with Crippen LogP contribution in [-0.2, 0) is 0 Å². The van der Waals surface area contributed by atoms with Crippen molar-refractivity contribution in [1.29, 1.82) is 0 Å². The Hall–Kier alpha value is -0.900. The number of hydrogen-bond acceptors (Lipinski definition) is 3. The van der Waals surface area contributed by atoms with Gasteiger partial charge in [-0.3, -0.25) is 0 Å². The van der Waals surface area contributed by atoms with Crippen molar-refractivity contribution in [2.75, 3.05) is 13.1 Å². The molecule has 0 aliphatic carbocycles. The molecular weight excluding hydrogens is 128 g/mol. The zero-order valence-electron chi connectivity index (χ0n) is 5.70. The van der Waals surface area contributed by atoms with Gasteiger partial charge in [-0.15, -0.1) is 0 Å². The summed E-state index contributed by atoms with van der Waals surface area (Å²) in [7, 11) is 0. The third-order valence-corrected chi connectivity index (χ3v) is 1.85. The van der Waals surface area contributed by atoms with Gasteiger partial charge in [0.2, 0.25) is 0 Å². The molecule has 0 bridgehead atoms. The van der Waals surface area contributed by atoms with Gasteiger partial charge in [0.05, 0.1) is 6.04 Å². The third-order valence-electron chi connectivity index (χ3n) is 1.85. The molecule has 1 aromatic rings. The van der Waals surface area contributed by atoms with Crippen molar-refractivity contribution in [3.8, 4) is 0 Å². The van der Waals surface area contributed by atoms with E-state index in [-0.39, 0.29) is 0 Å². The van der Waals surface area contributed by atoms with Crippen molar-refractivity contribution in [2.45, 2.75) is 12.5 Å². The van der Waals surface area contributed by atoms with Crippen LogP contribution in [0, 0.1) is 0 Å². The predicted octanol–water partition coefficient (Wildman–Crippen LogP) is -0.188. The van der Waals surface area contributed by atoms with Gasteiger partial charge in [0.1, 0.15) is 12.7 Å². The van der Waals surface area contributed by atoms with Gasteiger partial charge in [0.15, 0.2) is 0 Å². The molecule has 4 heteroatoms. The largest absolute Gasteiger partial charge is 0.315 e. The first-order chi connectivity index (χ1) is 4.97. The highest BCUT2D eigenvalue weighted by Gasteiger charge is 2.15. The van der Waals surface area contributed by atoms with Crippen molar-refractivity contribution >= 4 is 0 Å². The monoisotopic (exact) mass is 138 g/mol. The quantitative estimate of drug-likeness (QED) is 0.585. The Morgan fingerprint density at radius 3 is 3.20 bits per heavy atom. The van der Waals surface area contributed by atoms with Gasteiger partial charge in [-0.2, -0.15) is 5.10 Å². The van der Waals surface area contributed by atoms with Crippen molar-refractivity contribution in [3.63, 3.8) is 0 Å². The summed E-state index contributed by atoms with van der Waals surface area (Å²) in [6, 6.07) is 0.530. The lowest BCUT2D eigenvalue weighted by molar-refractivity contribution is 0.489. The fourth-order valence-corrected chi connectivity index (χ4v) is 1.27. The molecule has 2 rings (SSSR count). The number of rotatable bonds is 1. The van der Waals surface area contributed by atoms with E-state index in [2.05, 4.69) is 15.4 Å². The summed E-state index contributed by atoms with van der Waals surface area (Å²) in [5.41, 5.74) is 0. The van der Waals surface area contributed by atoms with Crippen molar-refractivity contribution < 1.29 is 0 Å². The Morgan fingerprint density at radius 1 is 1.60 bits per heavy atom. The van der Waals surface area contributed by atoms with Gasteiger partial charge < -0.3 is 5.32 Å². The summed E-state index contributed by atoms with van der Waals surface area (Å²) in [6.45, 7) is 2.13. The lowest BCUT2D eigenvalue weighted by Crippen LogP contribution is -2.13. The maximum Gasteiger partial charge on any atom is 0.137 e. The molecule has 0 amide bonds. The second kappa shape index (κ2) is 2.38. The average molecular weight is 138 g/mol. The number of hydrogen-bond donors (Lipinski definition) is 1. The minimum atomic E-state index is 0.530. The normalized spacial score (nSPS) is 25.4. The minimum Gasteiger partial charge on any atom is -0.315 e. The molecule has 1 saturated heterocycles. The van der Waals surface area contributed by atoms with Crippen molar-refractivity contribution in [1.82, 2.24) is 20.1 Å². The average Bonchev–Trinajstić information content (AvgIpc) is 2.59. The number of nitrogens with zero attached hydrogens (tertiary/aromatic N) is 3. The molecule has 1 N–H and O–H groups in total. The van der Waals surface area contributed by atoms with Gasteiger partial charge in [0, 0.05) is 6.54 Å². The zero-order valence-corrected chi connectivity index (χ0v) is 5.70. The molecule has 1 atom stereocenters. The summed E-state index contributed by atoms with van der Waals surface area (Å²) >= 11 is 0. The van der Waals surface area contributed by atoms with E-state index in [9.17, 15) is 0 Å². The number of nitrogens with one attached hydrogen (secondary N) is 1. The smallest absolute Gasteiger partial charge is 0.137 e. The topological polar surface area (TPSA) is 42.7 Å². The van der Waals surface area contributed by atoms with Crippen LogP contribution in [0.4, 0.5) is 0 Å². The molecule has 0 aromatic carbocycles. The van der Waals surface area contributed by atoms with Crippen LogP contribution in [0.5, 0.6) is 0 Å². The van der Waals surface area contributed by atoms with E-state index in [4.69, 9.17) is 0 Å². The molecule has 0 spiro atoms. The molecule has 10 heavy (non-hydrogen) atoms. The van der Waals surface area contributed by atoms with E-state index in [1.54, 1.807) is 12.7 Å². The van der Waals surface area contributed by atoms with Gasteiger partial charge in [-0.1, -0.05) is 0 Å². The van der Waals surface area contributed by atoms with E-state index in [0.29, 0.717) is 6.04 Å². The summed E-state index contributed by atoms with van der Waals surface area (Å²) in [5, 5.41) is 7.34. The first-order valence-electron chi connectivity index (χ1n) is 3.51. The lowest BCUT2D eigenvalue weighted by Gasteiger charge is -2.05. The molecule has 1 aliphatic heterocycles. The van der Waals surface area contributed by atoms with Gasteiger partial charge in [-0.25, -0.2) is 9.67 Å². The van der Waals surface area contributed by atoms with Crippen LogP contribution < -0.4 is 5.32 Å². The van der Waals surface area contributed by atoms with Crippen LogP contribution in [-0.4, -0.2) is 27.9 Å². The third kappa shape index (κ3) is 0.903. The van der Waals surface area contributed by atoms with Crippen LogP contribution in [0.2, 0.25) is 0 Å². The van der Waals surface area contributed by atoms with Crippen LogP contribution in [0.1, 0.15) is 12.5 Å². The summed E-state index contributed by atoms with van der Waals surface area (Å²) in [4.78, 5) is 3.89. The lowest BCUT2D eigenvalue weighted by atomic mass is 10.3. The number of aromatic nitrogens is 3. The van der Waals surface area contributed by atoms with Crippen LogP contribution in [0.3, 0.4) is 0 Å². The summed E-state index contributed by atoms with van der Waals surface area (Å²) < 4.78 is 1.92. The fourth-order valence-electron chi connectivity index (χ4n) is 1.27. The van der Waals surface area contributed by atoms with E-state index in [1.807, 2.05) is 4.68 Å². The standard InChI is InChI=1S/C6H10N4/c1-2-7-3-6(1)10-5-8-4-9-10/h4-7H,1-3H2/t6-/m0/s1. The second-order valence-corrected chi connectivity index (χ2v) is 2.52.